The number of hydrogen-bond donors (Lipinski definition) is 4. The number of aliphatic hydroxyl groups is 1. The van der Waals surface area contributed by atoms with Crippen LogP contribution in [0.4, 0.5) is 16.8 Å². The second kappa shape index (κ2) is 11.7. The first-order valence-corrected chi connectivity index (χ1v) is 13.2. The lowest BCUT2D eigenvalue weighted by Gasteiger charge is -2.26. The Morgan fingerprint density at radius 2 is 1.86 bits per heavy atom. The molecule has 8 nitrogen and oxygen atoms in total. The average molecular weight is 505 g/mol. The standard InChI is InChI=1S/C27H32N6O2S/c1-35-12-11-28-15-18-13-20(17-29-16-18)19-5-10-23-24(14-19)36-27(31-23)33-26-4-2-3-25(32-26)30-21-6-8-22(34)9-7-21/h2-5,10,13-14,16-17,21-22,28,34H,6-9,11-12,15H2,1H3,(H2,30,31,32,33)/t21-,22-. The Balaban J connectivity index is 1.26. The Labute approximate surface area is 215 Å². The van der Waals surface area contributed by atoms with Crippen LogP contribution in [0, 0.1) is 0 Å². The number of aromatic nitrogens is 3. The molecule has 1 aliphatic rings. The molecule has 1 aliphatic carbocycles. The molecule has 0 atom stereocenters. The van der Waals surface area contributed by atoms with Crippen LogP contribution < -0.4 is 16.0 Å². The SMILES string of the molecule is COCCNCc1cncc(-c2ccc3nc(Nc4cccc(N[C@H]5CC[C@H](O)CC5)n4)sc3c2)c1. The number of anilines is 3. The molecule has 0 spiro atoms. The lowest BCUT2D eigenvalue weighted by atomic mass is 9.93. The van der Waals surface area contributed by atoms with Gasteiger partial charge in [0.25, 0.3) is 0 Å². The molecule has 4 aromatic rings. The lowest BCUT2D eigenvalue weighted by molar-refractivity contribution is 0.126. The minimum atomic E-state index is -0.160. The van der Waals surface area contributed by atoms with Crippen LogP contribution in [0.5, 0.6) is 0 Å². The number of benzene rings is 1. The normalized spacial score (nSPS) is 17.8. The van der Waals surface area contributed by atoms with E-state index >= 15 is 0 Å². The fourth-order valence-electron chi connectivity index (χ4n) is 4.43. The molecule has 36 heavy (non-hydrogen) atoms. The number of nitrogens with zero attached hydrogens (tertiary/aromatic N) is 3. The van der Waals surface area contributed by atoms with Crippen molar-refractivity contribution in [2.75, 3.05) is 30.9 Å². The van der Waals surface area contributed by atoms with Crippen LogP contribution in [0.25, 0.3) is 21.3 Å². The van der Waals surface area contributed by atoms with Gasteiger partial charge in [-0.1, -0.05) is 23.5 Å². The highest BCUT2D eigenvalue weighted by Crippen LogP contribution is 2.32. The summed E-state index contributed by atoms with van der Waals surface area (Å²) in [5.41, 5.74) is 4.29. The lowest BCUT2D eigenvalue weighted by Crippen LogP contribution is -2.28. The van der Waals surface area contributed by atoms with Gasteiger partial charge in [0.1, 0.15) is 11.6 Å². The Morgan fingerprint density at radius 1 is 1.00 bits per heavy atom. The topological polar surface area (TPSA) is 104 Å². The van der Waals surface area contributed by atoms with E-state index in [0.717, 1.165) is 82.4 Å². The van der Waals surface area contributed by atoms with Crippen LogP contribution >= 0.6 is 11.3 Å². The first-order chi connectivity index (χ1) is 17.7. The summed E-state index contributed by atoms with van der Waals surface area (Å²) in [7, 11) is 1.71. The van der Waals surface area contributed by atoms with E-state index in [2.05, 4.69) is 45.2 Å². The first kappa shape index (κ1) is 24.6. The zero-order valence-electron chi connectivity index (χ0n) is 20.4. The van der Waals surface area contributed by atoms with Gasteiger partial charge in [-0.05, 0) is 67.1 Å². The van der Waals surface area contributed by atoms with E-state index in [-0.39, 0.29) is 6.10 Å². The summed E-state index contributed by atoms with van der Waals surface area (Å²) in [6.07, 6.45) is 7.24. The summed E-state index contributed by atoms with van der Waals surface area (Å²) in [6.45, 7) is 2.25. The number of ether oxygens (including phenoxy) is 1. The van der Waals surface area contributed by atoms with Crippen molar-refractivity contribution in [1.29, 1.82) is 0 Å². The van der Waals surface area contributed by atoms with Gasteiger partial charge < -0.3 is 25.8 Å². The molecular formula is C27H32N6O2S. The molecule has 1 fully saturated rings. The molecule has 1 saturated carbocycles. The predicted octanol–water partition coefficient (Wildman–Crippen LogP) is 4.95. The molecule has 4 N–H and O–H groups in total. The minimum absolute atomic E-state index is 0.160. The second-order valence-corrected chi connectivity index (χ2v) is 10.2. The van der Waals surface area contributed by atoms with E-state index in [1.165, 1.54) is 0 Å². The van der Waals surface area contributed by atoms with Gasteiger partial charge in [0.2, 0.25) is 0 Å². The van der Waals surface area contributed by atoms with Crippen LogP contribution in [0.3, 0.4) is 0 Å². The van der Waals surface area contributed by atoms with Crippen molar-refractivity contribution in [1.82, 2.24) is 20.3 Å². The van der Waals surface area contributed by atoms with Crippen molar-refractivity contribution in [2.24, 2.45) is 0 Å². The third-order valence-corrected chi connectivity index (χ3v) is 7.30. The van der Waals surface area contributed by atoms with Crippen molar-refractivity contribution in [2.45, 2.75) is 44.4 Å². The highest BCUT2D eigenvalue weighted by atomic mass is 32.1. The summed E-state index contributed by atoms with van der Waals surface area (Å²) >= 11 is 1.61. The number of aliphatic hydroxyl groups excluding tert-OH is 1. The van der Waals surface area contributed by atoms with E-state index < -0.39 is 0 Å². The molecule has 0 amide bonds. The fraction of sp³-hybridized carbons (Fsp3) is 0.370. The molecule has 0 unspecified atom stereocenters. The molecule has 0 saturated heterocycles. The third-order valence-electron chi connectivity index (χ3n) is 6.36. The summed E-state index contributed by atoms with van der Waals surface area (Å²) in [4.78, 5) is 13.9. The maximum atomic E-state index is 9.73. The fourth-order valence-corrected chi connectivity index (χ4v) is 5.34. The Morgan fingerprint density at radius 3 is 2.72 bits per heavy atom. The zero-order chi connectivity index (χ0) is 24.7. The number of hydrogen-bond acceptors (Lipinski definition) is 9. The third kappa shape index (κ3) is 6.36. The number of pyridine rings is 2. The van der Waals surface area contributed by atoms with E-state index in [1.54, 1.807) is 18.4 Å². The van der Waals surface area contributed by atoms with Gasteiger partial charge in [0, 0.05) is 44.2 Å². The molecule has 188 valence electrons. The summed E-state index contributed by atoms with van der Waals surface area (Å²) in [5.74, 6) is 1.60. The highest BCUT2D eigenvalue weighted by Gasteiger charge is 2.19. The largest absolute Gasteiger partial charge is 0.393 e. The average Bonchev–Trinajstić information content (AvgIpc) is 3.30. The van der Waals surface area contributed by atoms with E-state index in [4.69, 9.17) is 14.7 Å². The number of fused-ring (bicyclic) bond motifs is 1. The molecular weight excluding hydrogens is 472 g/mol. The van der Waals surface area contributed by atoms with Crippen molar-refractivity contribution < 1.29 is 9.84 Å². The second-order valence-electron chi connectivity index (χ2n) is 9.14. The van der Waals surface area contributed by atoms with Gasteiger partial charge in [0.15, 0.2) is 5.13 Å². The molecule has 0 aliphatic heterocycles. The molecule has 0 bridgehead atoms. The van der Waals surface area contributed by atoms with Crippen molar-refractivity contribution in [3.8, 4) is 11.1 Å². The quantitative estimate of drug-likeness (QED) is 0.225. The zero-order valence-corrected chi connectivity index (χ0v) is 21.2. The summed E-state index contributed by atoms with van der Waals surface area (Å²) in [5, 5.41) is 20.8. The molecule has 3 aromatic heterocycles. The minimum Gasteiger partial charge on any atom is -0.393 e. The maximum Gasteiger partial charge on any atom is 0.189 e. The van der Waals surface area contributed by atoms with Crippen LogP contribution in [0.1, 0.15) is 31.2 Å². The van der Waals surface area contributed by atoms with Gasteiger partial charge in [-0.25, -0.2) is 9.97 Å². The van der Waals surface area contributed by atoms with Gasteiger partial charge >= 0.3 is 0 Å². The smallest absolute Gasteiger partial charge is 0.189 e. The van der Waals surface area contributed by atoms with Crippen LogP contribution in [-0.4, -0.2) is 52.5 Å². The highest BCUT2D eigenvalue weighted by molar-refractivity contribution is 7.22. The van der Waals surface area contributed by atoms with Crippen LogP contribution in [-0.2, 0) is 11.3 Å². The van der Waals surface area contributed by atoms with Gasteiger partial charge in [0.05, 0.1) is 22.9 Å². The van der Waals surface area contributed by atoms with Crippen molar-refractivity contribution in [3.05, 3.63) is 60.4 Å². The van der Waals surface area contributed by atoms with Gasteiger partial charge in [-0.3, -0.25) is 4.98 Å². The van der Waals surface area contributed by atoms with E-state index in [0.29, 0.717) is 12.6 Å². The maximum absolute atomic E-state index is 9.73. The molecule has 0 radical (unpaired) electrons. The molecule has 3 heterocycles. The van der Waals surface area contributed by atoms with Gasteiger partial charge in [-0.15, -0.1) is 0 Å². The summed E-state index contributed by atoms with van der Waals surface area (Å²) < 4.78 is 6.20. The van der Waals surface area contributed by atoms with Crippen LogP contribution in [0.2, 0.25) is 0 Å². The predicted molar refractivity (Wildman–Crippen MR) is 146 cm³/mol. The monoisotopic (exact) mass is 504 g/mol. The van der Waals surface area contributed by atoms with E-state index in [1.807, 2.05) is 30.6 Å². The molecule has 9 heteroatoms. The Hall–Kier alpha value is -3.11. The summed E-state index contributed by atoms with van der Waals surface area (Å²) in [6, 6.07) is 14.8. The van der Waals surface area contributed by atoms with Gasteiger partial charge in [-0.2, -0.15) is 0 Å². The molecule has 5 rings (SSSR count). The first-order valence-electron chi connectivity index (χ1n) is 12.4. The molecule has 1 aromatic carbocycles. The van der Waals surface area contributed by atoms with E-state index in [9.17, 15) is 5.11 Å². The number of methoxy groups -OCH3 is 1. The number of thiazole rings is 1. The van der Waals surface area contributed by atoms with Crippen molar-refractivity contribution >= 4 is 38.3 Å². The Bertz CT molecular complexity index is 1290. The number of nitrogens with one attached hydrogen (secondary N) is 3. The van der Waals surface area contributed by atoms with Crippen LogP contribution in [0.15, 0.2) is 54.9 Å². The Kier molecular flexibility index (Phi) is 8.02. The number of rotatable bonds is 10. The van der Waals surface area contributed by atoms with Crippen molar-refractivity contribution in [3.63, 3.8) is 0 Å².